The Morgan fingerprint density at radius 1 is 1.30 bits per heavy atom. The van der Waals surface area contributed by atoms with Crippen LogP contribution >= 0.6 is 27.5 Å². The van der Waals surface area contributed by atoms with Crippen LogP contribution in [0.1, 0.15) is 18.4 Å². The number of nitrogens with one attached hydrogen (secondary N) is 1. The minimum absolute atomic E-state index is 0.0227. The molecule has 0 bridgehead atoms. The van der Waals surface area contributed by atoms with Crippen molar-refractivity contribution >= 4 is 39.2 Å². The molecule has 7 heteroatoms. The molecule has 122 valence electrons. The van der Waals surface area contributed by atoms with Crippen LogP contribution in [-0.2, 0) is 10.2 Å². The van der Waals surface area contributed by atoms with Crippen molar-refractivity contribution in [1.82, 2.24) is 9.97 Å². The van der Waals surface area contributed by atoms with E-state index in [4.69, 9.17) is 22.1 Å². The van der Waals surface area contributed by atoms with Gasteiger partial charge in [-0.05, 0) is 30.5 Å². The third-order valence-corrected chi connectivity index (χ3v) is 5.16. The molecule has 23 heavy (non-hydrogen) atoms. The molecule has 1 aliphatic heterocycles. The van der Waals surface area contributed by atoms with Crippen molar-refractivity contribution in [2.45, 2.75) is 18.3 Å². The molecular formula is C16H18BrClN4O. The number of hydrogen-bond acceptors (Lipinski definition) is 5. The topological polar surface area (TPSA) is 73.1 Å². The monoisotopic (exact) mass is 396 g/mol. The zero-order chi connectivity index (χ0) is 16.3. The molecular weight excluding hydrogens is 380 g/mol. The van der Waals surface area contributed by atoms with Gasteiger partial charge in [-0.3, -0.25) is 0 Å². The van der Waals surface area contributed by atoms with Gasteiger partial charge in [0.25, 0.3) is 0 Å². The predicted molar refractivity (Wildman–Crippen MR) is 95.8 cm³/mol. The number of ether oxygens (including phenoxy) is 1. The summed E-state index contributed by atoms with van der Waals surface area (Å²) in [4.78, 5) is 8.08. The fraction of sp³-hybridized carbons (Fsp3) is 0.375. The van der Waals surface area contributed by atoms with E-state index in [9.17, 15) is 0 Å². The molecule has 5 nitrogen and oxygen atoms in total. The van der Waals surface area contributed by atoms with Gasteiger partial charge in [-0.2, -0.15) is 0 Å². The van der Waals surface area contributed by atoms with Crippen LogP contribution < -0.4 is 11.1 Å². The second-order valence-electron chi connectivity index (χ2n) is 5.68. The van der Waals surface area contributed by atoms with E-state index in [0.717, 1.165) is 30.5 Å². The Labute approximate surface area is 148 Å². The van der Waals surface area contributed by atoms with Crippen LogP contribution in [0.3, 0.4) is 0 Å². The van der Waals surface area contributed by atoms with Gasteiger partial charge in [0.2, 0.25) is 0 Å². The smallest absolute Gasteiger partial charge is 0.150 e. The lowest BCUT2D eigenvalue weighted by Gasteiger charge is -2.38. The van der Waals surface area contributed by atoms with Crippen LogP contribution in [0.15, 0.2) is 35.1 Å². The molecule has 0 atom stereocenters. The highest BCUT2D eigenvalue weighted by molar-refractivity contribution is 9.10. The first-order valence-electron chi connectivity index (χ1n) is 7.44. The van der Waals surface area contributed by atoms with Crippen molar-refractivity contribution in [3.05, 3.63) is 45.7 Å². The standard InChI is InChI=1S/C16H18BrClN4O/c17-12-3-1-2-11(8-12)16(4-6-23-7-5-16)9-20-15-13(18)14(19)21-10-22-15/h1-3,8,10H,4-7,9H2,(H3,19,20,21,22). The average molecular weight is 398 g/mol. The third-order valence-electron chi connectivity index (χ3n) is 4.30. The van der Waals surface area contributed by atoms with E-state index in [-0.39, 0.29) is 11.2 Å². The molecule has 1 aliphatic rings. The molecule has 0 spiro atoms. The SMILES string of the molecule is Nc1ncnc(NCC2(c3cccc(Br)c3)CCOCC2)c1Cl. The summed E-state index contributed by atoms with van der Waals surface area (Å²) in [6, 6.07) is 8.43. The molecule has 1 fully saturated rings. The average Bonchev–Trinajstić information content (AvgIpc) is 2.57. The van der Waals surface area contributed by atoms with E-state index in [2.05, 4.69) is 49.4 Å². The van der Waals surface area contributed by atoms with Crippen molar-refractivity contribution in [2.24, 2.45) is 0 Å². The van der Waals surface area contributed by atoms with E-state index in [1.165, 1.54) is 11.9 Å². The maximum Gasteiger partial charge on any atom is 0.150 e. The number of halogens is 2. The molecule has 0 amide bonds. The van der Waals surface area contributed by atoms with Gasteiger partial charge in [-0.15, -0.1) is 0 Å². The minimum Gasteiger partial charge on any atom is -0.382 e. The van der Waals surface area contributed by atoms with Gasteiger partial charge in [-0.25, -0.2) is 9.97 Å². The molecule has 0 saturated carbocycles. The normalized spacial score (nSPS) is 17.0. The van der Waals surface area contributed by atoms with Crippen molar-refractivity contribution in [3.8, 4) is 0 Å². The summed E-state index contributed by atoms with van der Waals surface area (Å²) in [7, 11) is 0. The van der Waals surface area contributed by atoms with E-state index in [1.807, 2.05) is 6.07 Å². The summed E-state index contributed by atoms with van der Waals surface area (Å²) >= 11 is 9.74. The molecule has 2 heterocycles. The Kier molecular flexibility index (Phi) is 5.04. The molecule has 0 unspecified atom stereocenters. The Morgan fingerprint density at radius 2 is 2.09 bits per heavy atom. The van der Waals surface area contributed by atoms with E-state index in [1.54, 1.807) is 0 Å². The second kappa shape index (κ2) is 7.03. The highest BCUT2D eigenvalue weighted by atomic mass is 79.9. The zero-order valence-electron chi connectivity index (χ0n) is 12.6. The fourth-order valence-electron chi connectivity index (χ4n) is 2.91. The summed E-state index contributed by atoms with van der Waals surface area (Å²) in [6.07, 6.45) is 3.29. The molecule has 2 aromatic rings. The Balaban J connectivity index is 1.86. The lowest BCUT2D eigenvalue weighted by atomic mass is 9.74. The molecule has 1 saturated heterocycles. The largest absolute Gasteiger partial charge is 0.382 e. The fourth-order valence-corrected chi connectivity index (χ4v) is 3.47. The van der Waals surface area contributed by atoms with Gasteiger partial charge in [0, 0.05) is 29.6 Å². The first kappa shape index (κ1) is 16.5. The predicted octanol–water partition coefficient (Wildman–Crippen LogP) is 3.64. The Hall–Kier alpha value is -1.37. The number of nitrogens with zero attached hydrogens (tertiary/aromatic N) is 2. The minimum atomic E-state index is -0.0227. The summed E-state index contributed by atoms with van der Waals surface area (Å²) in [5.74, 6) is 0.854. The maximum absolute atomic E-state index is 6.18. The van der Waals surface area contributed by atoms with Crippen molar-refractivity contribution in [1.29, 1.82) is 0 Å². The van der Waals surface area contributed by atoms with E-state index >= 15 is 0 Å². The number of benzene rings is 1. The number of aromatic nitrogens is 2. The van der Waals surface area contributed by atoms with E-state index in [0.29, 0.717) is 17.4 Å². The second-order valence-corrected chi connectivity index (χ2v) is 6.97. The number of nitrogen functional groups attached to an aromatic ring is 1. The summed E-state index contributed by atoms with van der Waals surface area (Å²) in [5, 5.41) is 3.71. The number of anilines is 2. The van der Waals surface area contributed by atoms with Gasteiger partial charge >= 0.3 is 0 Å². The van der Waals surface area contributed by atoms with Crippen LogP contribution in [0.2, 0.25) is 5.02 Å². The van der Waals surface area contributed by atoms with Crippen LogP contribution in [0.25, 0.3) is 0 Å². The van der Waals surface area contributed by atoms with Gasteiger partial charge in [0.1, 0.15) is 23.0 Å². The van der Waals surface area contributed by atoms with Crippen LogP contribution in [-0.4, -0.2) is 29.7 Å². The molecule has 1 aromatic carbocycles. The third kappa shape index (κ3) is 3.59. The highest BCUT2D eigenvalue weighted by Gasteiger charge is 2.34. The summed E-state index contributed by atoms with van der Waals surface area (Å²) in [6.45, 7) is 2.20. The Bertz CT molecular complexity index is 692. The van der Waals surface area contributed by atoms with E-state index < -0.39 is 0 Å². The summed E-state index contributed by atoms with van der Waals surface area (Å²) < 4.78 is 6.63. The lowest BCUT2D eigenvalue weighted by molar-refractivity contribution is 0.0543. The van der Waals surface area contributed by atoms with Crippen molar-refractivity contribution < 1.29 is 4.74 Å². The van der Waals surface area contributed by atoms with Crippen molar-refractivity contribution in [2.75, 3.05) is 30.8 Å². The molecule has 0 aliphatic carbocycles. The summed E-state index contributed by atoms with van der Waals surface area (Å²) in [5.41, 5.74) is 7.00. The van der Waals surface area contributed by atoms with Crippen molar-refractivity contribution in [3.63, 3.8) is 0 Å². The number of nitrogens with two attached hydrogens (primary N) is 1. The molecule has 3 N–H and O–H groups in total. The van der Waals surface area contributed by atoms with Gasteiger partial charge < -0.3 is 15.8 Å². The number of rotatable bonds is 4. The number of hydrogen-bond donors (Lipinski definition) is 2. The quantitative estimate of drug-likeness (QED) is 0.824. The molecule has 3 rings (SSSR count). The van der Waals surface area contributed by atoms with Gasteiger partial charge in [-0.1, -0.05) is 39.7 Å². The van der Waals surface area contributed by atoms with Gasteiger partial charge in [0.15, 0.2) is 0 Å². The molecule has 1 aromatic heterocycles. The van der Waals surface area contributed by atoms with Gasteiger partial charge in [0.05, 0.1) is 0 Å². The Morgan fingerprint density at radius 3 is 2.83 bits per heavy atom. The highest BCUT2D eigenvalue weighted by Crippen LogP contribution is 2.36. The first-order chi connectivity index (χ1) is 11.1. The van der Waals surface area contributed by atoms with Crippen LogP contribution in [0, 0.1) is 0 Å². The van der Waals surface area contributed by atoms with Crippen LogP contribution in [0.5, 0.6) is 0 Å². The lowest BCUT2D eigenvalue weighted by Crippen LogP contribution is -2.40. The van der Waals surface area contributed by atoms with Crippen LogP contribution in [0.4, 0.5) is 11.6 Å². The first-order valence-corrected chi connectivity index (χ1v) is 8.61. The molecule has 0 radical (unpaired) electrons. The maximum atomic E-state index is 6.18. The zero-order valence-corrected chi connectivity index (χ0v) is 14.9.